The van der Waals surface area contributed by atoms with Crippen molar-refractivity contribution in [1.82, 2.24) is 5.43 Å². The van der Waals surface area contributed by atoms with Crippen LogP contribution in [0.25, 0.3) is 0 Å². The molecule has 0 amide bonds. The topological polar surface area (TPSA) is 102 Å². The Morgan fingerprint density at radius 2 is 2.17 bits per heavy atom. The molecule has 0 fully saturated rings. The van der Waals surface area contributed by atoms with Gasteiger partial charge in [0.2, 0.25) is 0 Å². The molecule has 5 heteroatoms. The molecule has 0 spiro atoms. The maximum Gasteiger partial charge on any atom is 0.166 e. The van der Waals surface area contributed by atoms with Crippen molar-refractivity contribution in [2.24, 2.45) is 16.8 Å². The van der Waals surface area contributed by atoms with Gasteiger partial charge in [-0.1, -0.05) is 12.1 Å². The van der Waals surface area contributed by atoms with Gasteiger partial charge in [-0.2, -0.15) is 5.10 Å². The van der Waals surface area contributed by atoms with E-state index in [0.717, 1.165) is 5.56 Å². The van der Waals surface area contributed by atoms with Gasteiger partial charge >= 0.3 is 0 Å². The molecule has 5 nitrogen and oxygen atoms in total. The number of rotatable bonds is 1. The van der Waals surface area contributed by atoms with Gasteiger partial charge in [-0.25, -0.2) is 5.84 Å². The predicted molar refractivity (Wildman–Crippen MR) is 48.9 cm³/mol. The SMILES string of the molecule is N/N=C(\NN)c1cccc(N)c1. The molecule has 0 saturated carbocycles. The van der Waals surface area contributed by atoms with E-state index in [-0.39, 0.29) is 0 Å². The van der Waals surface area contributed by atoms with E-state index in [1.807, 2.05) is 6.07 Å². The predicted octanol–water partition coefficient (Wildman–Crippen LogP) is -0.648. The highest BCUT2D eigenvalue weighted by molar-refractivity contribution is 5.98. The van der Waals surface area contributed by atoms with Gasteiger partial charge in [-0.15, -0.1) is 0 Å². The standard InChI is InChI=1S/C7H11N5/c8-6-3-1-2-5(4-6)7(11-9)12-10/h1-4H,8-10H2,(H,11,12). The fourth-order valence-corrected chi connectivity index (χ4v) is 0.881. The van der Waals surface area contributed by atoms with E-state index in [1.165, 1.54) is 0 Å². The zero-order chi connectivity index (χ0) is 8.97. The molecule has 0 bridgehead atoms. The Balaban J connectivity index is 3.02. The van der Waals surface area contributed by atoms with E-state index in [0.29, 0.717) is 11.5 Å². The first-order valence-corrected chi connectivity index (χ1v) is 3.38. The van der Waals surface area contributed by atoms with Gasteiger partial charge in [0.25, 0.3) is 0 Å². The van der Waals surface area contributed by atoms with Gasteiger partial charge in [0.15, 0.2) is 5.84 Å². The third-order valence-corrected chi connectivity index (χ3v) is 1.43. The van der Waals surface area contributed by atoms with Crippen molar-refractivity contribution in [2.75, 3.05) is 5.73 Å². The Labute approximate surface area is 70.2 Å². The first kappa shape index (κ1) is 8.35. The quantitative estimate of drug-likeness (QED) is 0.146. The Kier molecular flexibility index (Phi) is 2.49. The highest BCUT2D eigenvalue weighted by Gasteiger charge is 1.99. The maximum absolute atomic E-state index is 5.54. The zero-order valence-electron chi connectivity index (χ0n) is 6.49. The van der Waals surface area contributed by atoms with E-state index < -0.39 is 0 Å². The highest BCUT2D eigenvalue weighted by atomic mass is 15.3. The second-order valence-corrected chi connectivity index (χ2v) is 2.25. The average Bonchev–Trinajstić information content (AvgIpc) is 2.07. The van der Waals surface area contributed by atoms with Gasteiger partial charge in [0.1, 0.15) is 0 Å². The van der Waals surface area contributed by atoms with Crippen LogP contribution in [0.1, 0.15) is 5.56 Å². The third kappa shape index (κ3) is 1.64. The van der Waals surface area contributed by atoms with Crippen LogP contribution in [-0.2, 0) is 0 Å². The number of nitrogens with zero attached hydrogens (tertiary/aromatic N) is 1. The van der Waals surface area contributed by atoms with Crippen LogP contribution in [0.5, 0.6) is 0 Å². The van der Waals surface area contributed by atoms with Gasteiger partial charge in [-0.3, -0.25) is 0 Å². The fraction of sp³-hybridized carbons (Fsp3) is 0. The Morgan fingerprint density at radius 3 is 2.67 bits per heavy atom. The number of hydrogen-bond donors (Lipinski definition) is 4. The molecule has 64 valence electrons. The molecule has 0 saturated heterocycles. The minimum atomic E-state index is 0.405. The van der Waals surface area contributed by atoms with E-state index in [1.54, 1.807) is 18.2 Å². The summed E-state index contributed by atoms with van der Waals surface area (Å²) in [5.41, 5.74) is 9.31. The normalized spacial score (nSPS) is 11.2. The van der Waals surface area contributed by atoms with Gasteiger partial charge < -0.3 is 17.0 Å². The number of anilines is 1. The molecule has 0 aliphatic carbocycles. The molecule has 1 aromatic rings. The van der Waals surface area contributed by atoms with Crippen LogP contribution >= 0.6 is 0 Å². The molecule has 1 aromatic carbocycles. The molecule has 0 heterocycles. The second-order valence-electron chi connectivity index (χ2n) is 2.25. The van der Waals surface area contributed by atoms with E-state index in [2.05, 4.69) is 10.5 Å². The lowest BCUT2D eigenvalue weighted by Crippen LogP contribution is -2.32. The summed E-state index contributed by atoms with van der Waals surface area (Å²) in [4.78, 5) is 0. The fourth-order valence-electron chi connectivity index (χ4n) is 0.881. The van der Waals surface area contributed by atoms with Crippen molar-refractivity contribution < 1.29 is 0 Å². The lowest BCUT2D eigenvalue weighted by atomic mass is 10.2. The Hall–Kier alpha value is -1.75. The summed E-state index contributed by atoms with van der Waals surface area (Å²) >= 11 is 0. The molecular formula is C7H11N5. The maximum atomic E-state index is 5.54. The summed E-state index contributed by atoms with van der Waals surface area (Å²) in [5.74, 6) is 10.6. The molecule has 0 aromatic heterocycles. The average molecular weight is 165 g/mol. The molecule has 0 aliphatic heterocycles. The summed E-state index contributed by atoms with van der Waals surface area (Å²) in [7, 11) is 0. The first-order chi connectivity index (χ1) is 5.77. The molecule has 1 rings (SSSR count). The van der Waals surface area contributed by atoms with Crippen molar-refractivity contribution in [1.29, 1.82) is 0 Å². The number of nitrogen functional groups attached to an aromatic ring is 1. The number of benzene rings is 1. The monoisotopic (exact) mass is 165 g/mol. The summed E-state index contributed by atoms with van der Waals surface area (Å²) in [5, 5.41) is 3.44. The van der Waals surface area contributed by atoms with Crippen LogP contribution in [0, 0.1) is 0 Å². The van der Waals surface area contributed by atoms with E-state index in [4.69, 9.17) is 17.4 Å². The second kappa shape index (κ2) is 3.59. The molecular weight excluding hydrogens is 154 g/mol. The number of amidine groups is 1. The number of nitrogens with one attached hydrogen (secondary N) is 1. The van der Waals surface area contributed by atoms with Crippen LogP contribution in [0.4, 0.5) is 5.69 Å². The first-order valence-electron chi connectivity index (χ1n) is 3.38. The molecule has 0 radical (unpaired) electrons. The van der Waals surface area contributed by atoms with Crippen LogP contribution < -0.4 is 22.8 Å². The molecule has 12 heavy (non-hydrogen) atoms. The zero-order valence-corrected chi connectivity index (χ0v) is 6.49. The lowest BCUT2D eigenvalue weighted by molar-refractivity contribution is 1.00. The van der Waals surface area contributed by atoms with Crippen molar-refractivity contribution >= 4 is 11.5 Å². The van der Waals surface area contributed by atoms with Gasteiger partial charge in [-0.05, 0) is 12.1 Å². The van der Waals surface area contributed by atoms with Crippen LogP contribution in [0.15, 0.2) is 29.4 Å². The third-order valence-electron chi connectivity index (χ3n) is 1.43. The largest absolute Gasteiger partial charge is 0.399 e. The smallest absolute Gasteiger partial charge is 0.166 e. The Bertz CT molecular complexity index is 294. The van der Waals surface area contributed by atoms with Crippen molar-refractivity contribution in [3.8, 4) is 0 Å². The number of hydrazine groups is 1. The summed E-state index contributed by atoms with van der Waals surface area (Å²) in [6.45, 7) is 0. The summed E-state index contributed by atoms with van der Waals surface area (Å²) < 4.78 is 0. The van der Waals surface area contributed by atoms with Crippen molar-refractivity contribution in [3.05, 3.63) is 29.8 Å². The highest BCUT2D eigenvalue weighted by Crippen LogP contribution is 2.05. The summed E-state index contributed by atoms with van der Waals surface area (Å²) in [6.07, 6.45) is 0. The van der Waals surface area contributed by atoms with E-state index in [9.17, 15) is 0 Å². The van der Waals surface area contributed by atoms with Crippen LogP contribution in [0.2, 0.25) is 0 Å². The summed E-state index contributed by atoms with van der Waals surface area (Å²) in [6, 6.07) is 7.11. The van der Waals surface area contributed by atoms with E-state index >= 15 is 0 Å². The van der Waals surface area contributed by atoms with Crippen molar-refractivity contribution in [2.45, 2.75) is 0 Å². The number of hydrogen-bond acceptors (Lipinski definition) is 4. The van der Waals surface area contributed by atoms with Crippen molar-refractivity contribution in [3.63, 3.8) is 0 Å². The number of nitrogens with two attached hydrogens (primary N) is 3. The van der Waals surface area contributed by atoms with Crippen LogP contribution in [0.3, 0.4) is 0 Å². The molecule has 0 aliphatic rings. The number of hydrazone groups is 1. The van der Waals surface area contributed by atoms with Gasteiger partial charge in [0, 0.05) is 11.3 Å². The minimum Gasteiger partial charge on any atom is -0.399 e. The van der Waals surface area contributed by atoms with Gasteiger partial charge in [0.05, 0.1) is 0 Å². The Morgan fingerprint density at radius 1 is 1.42 bits per heavy atom. The lowest BCUT2D eigenvalue weighted by Gasteiger charge is -2.03. The minimum absolute atomic E-state index is 0.405. The molecule has 0 atom stereocenters. The molecule has 0 unspecified atom stereocenters. The molecule has 7 N–H and O–H groups in total. The van der Waals surface area contributed by atoms with Crippen LogP contribution in [-0.4, -0.2) is 5.84 Å².